The molecule has 0 saturated carbocycles. The second-order valence-corrected chi connectivity index (χ2v) is 3.48. The fourth-order valence-electron chi connectivity index (χ4n) is 0.326. The van der Waals surface area contributed by atoms with Gasteiger partial charge in [0.25, 0.3) is 0 Å². The van der Waals surface area contributed by atoms with E-state index in [4.69, 9.17) is 0 Å². The summed E-state index contributed by atoms with van der Waals surface area (Å²) in [6.45, 7) is 0. The quantitative estimate of drug-likeness (QED) is 0.706. The topological polar surface area (TPSA) is 15.8 Å². The third-order valence-corrected chi connectivity index (χ3v) is 3.47. The summed E-state index contributed by atoms with van der Waals surface area (Å²) in [5.74, 6) is 0. The van der Waals surface area contributed by atoms with Crippen LogP contribution in [0.15, 0.2) is 12.4 Å². The molecule has 0 atom stereocenters. The van der Waals surface area contributed by atoms with E-state index in [0.29, 0.717) is 0 Å². The summed E-state index contributed by atoms with van der Waals surface area (Å²) in [7, 11) is 0. The standard InChI is InChI=1S/C4H3I2N/c5-3-1-7-2-4(3)6/h1-2,7H. The van der Waals surface area contributed by atoms with Crippen molar-refractivity contribution >= 4 is 45.2 Å². The fraction of sp³-hybridized carbons (Fsp3) is 0. The first-order chi connectivity index (χ1) is 3.30. The van der Waals surface area contributed by atoms with Crippen LogP contribution in [0.25, 0.3) is 0 Å². The summed E-state index contributed by atoms with van der Waals surface area (Å²) < 4.78 is 2.58. The van der Waals surface area contributed by atoms with Crippen molar-refractivity contribution in [3.8, 4) is 0 Å². The van der Waals surface area contributed by atoms with Gasteiger partial charge in [0.15, 0.2) is 0 Å². The van der Waals surface area contributed by atoms with Crippen LogP contribution in [-0.4, -0.2) is 4.98 Å². The predicted octanol–water partition coefficient (Wildman–Crippen LogP) is 2.22. The van der Waals surface area contributed by atoms with E-state index in [2.05, 4.69) is 50.2 Å². The monoisotopic (exact) mass is 319 g/mol. The maximum atomic E-state index is 2.98. The molecule has 0 spiro atoms. The van der Waals surface area contributed by atoms with E-state index in [-0.39, 0.29) is 0 Å². The van der Waals surface area contributed by atoms with Crippen LogP contribution < -0.4 is 0 Å². The minimum atomic E-state index is 1.29. The van der Waals surface area contributed by atoms with Crippen LogP contribution in [0, 0.1) is 7.14 Å². The van der Waals surface area contributed by atoms with Crippen LogP contribution in [-0.2, 0) is 0 Å². The Kier molecular flexibility index (Phi) is 1.96. The maximum Gasteiger partial charge on any atom is 0.0438 e. The van der Waals surface area contributed by atoms with Crippen molar-refractivity contribution in [1.82, 2.24) is 4.98 Å². The van der Waals surface area contributed by atoms with E-state index in [0.717, 1.165) is 0 Å². The summed E-state index contributed by atoms with van der Waals surface area (Å²) in [5.41, 5.74) is 0. The van der Waals surface area contributed by atoms with Gasteiger partial charge in [0.2, 0.25) is 0 Å². The lowest BCUT2D eigenvalue weighted by molar-refractivity contribution is 1.41. The largest absolute Gasteiger partial charge is 0.366 e. The first-order valence-electron chi connectivity index (χ1n) is 1.78. The number of aromatic amines is 1. The highest BCUT2D eigenvalue weighted by Gasteiger charge is 1.90. The normalized spacial score (nSPS) is 9.43. The molecule has 0 radical (unpaired) electrons. The van der Waals surface area contributed by atoms with E-state index in [1.807, 2.05) is 12.4 Å². The summed E-state index contributed by atoms with van der Waals surface area (Å²) in [5, 5.41) is 0. The van der Waals surface area contributed by atoms with Crippen molar-refractivity contribution in [3.63, 3.8) is 0 Å². The number of halogens is 2. The highest BCUT2D eigenvalue weighted by Crippen LogP contribution is 2.11. The van der Waals surface area contributed by atoms with Gasteiger partial charge in [0.1, 0.15) is 0 Å². The molecule has 0 aliphatic rings. The lowest BCUT2D eigenvalue weighted by Gasteiger charge is -1.74. The van der Waals surface area contributed by atoms with Crippen molar-refractivity contribution in [1.29, 1.82) is 0 Å². The van der Waals surface area contributed by atoms with Gasteiger partial charge >= 0.3 is 0 Å². The van der Waals surface area contributed by atoms with Gasteiger partial charge in [-0.2, -0.15) is 0 Å². The van der Waals surface area contributed by atoms with Crippen LogP contribution >= 0.6 is 45.2 Å². The molecule has 0 saturated heterocycles. The van der Waals surface area contributed by atoms with Gasteiger partial charge in [-0.3, -0.25) is 0 Å². The van der Waals surface area contributed by atoms with Crippen LogP contribution in [0.1, 0.15) is 0 Å². The molecule has 1 rings (SSSR count). The molecular weight excluding hydrogens is 316 g/mol. The van der Waals surface area contributed by atoms with E-state index in [9.17, 15) is 0 Å². The van der Waals surface area contributed by atoms with Crippen molar-refractivity contribution in [2.75, 3.05) is 0 Å². The Hall–Kier alpha value is 0.740. The Bertz CT molecular complexity index is 142. The fourth-order valence-corrected chi connectivity index (χ4v) is 0.997. The molecule has 0 aromatic carbocycles. The maximum absolute atomic E-state index is 2.98. The molecule has 0 aliphatic carbocycles. The molecule has 1 aromatic heterocycles. The summed E-state index contributed by atoms with van der Waals surface area (Å²) >= 11 is 4.56. The Balaban J connectivity index is 3.12. The van der Waals surface area contributed by atoms with E-state index >= 15 is 0 Å². The Morgan fingerprint density at radius 1 is 1.14 bits per heavy atom. The molecule has 1 N–H and O–H groups in total. The number of H-pyrrole nitrogens is 1. The first kappa shape index (κ1) is 5.87. The molecule has 3 heteroatoms. The van der Waals surface area contributed by atoms with Gasteiger partial charge in [-0.1, -0.05) is 0 Å². The van der Waals surface area contributed by atoms with Crippen molar-refractivity contribution in [2.45, 2.75) is 0 Å². The van der Waals surface area contributed by atoms with Gasteiger partial charge in [0.05, 0.1) is 0 Å². The van der Waals surface area contributed by atoms with Crippen molar-refractivity contribution in [3.05, 3.63) is 19.5 Å². The van der Waals surface area contributed by atoms with Crippen molar-refractivity contribution < 1.29 is 0 Å². The highest BCUT2D eigenvalue weighted by atomic mass is 127. The average Bonchev–Trinajstić information content (AvgIpc) is 1.91. The molecule has 7 heavy (non-hydrogen) atoms. The second-order valence-electron chi connectivity index (χ2n) is 1.15. The van der Waals surface area contributed by atoms with Gasteiger partial charge in [-0.15, -0.1) is 0 Å². The SMILES string of the molecule is Ic1c[nH]cc1I. The van der Waals surface area contributed by atoms with Gasteiger partial charge in [0, 0.05) is 19.5 Å². The summed E-state index contributed by atoms with van der Waals surface area (Å²) in [6, 6.07) is 0. The lowest BCUT2D eigenvalue weighted by Crippen LogP contribution is -1.60. The molecular formula is C4H3I2N. The smallest absolute Gasteiger partial charge is 0.0438 e. The Labute approximate surface area is 69.2 Å². The molecule has 38 valence electrons. The van der Waals surface area contributed by atoms with Crippen LogP contribution in [0.3, 0.4) is 0 Å². The zero-order valence-electron chi connectivity index (χ0n) is 3.41. The summed E-state index contributed by atoms with van der Waals surface area (Å²) in [6.07, 6.45) is 3.95. The molecule has 0 amide bonds. The van der Waals surface area contributed by atoms with Gasteiger partial charge < -0.3 is 4.98 Å². The summed E-state index contributed by atoms with van der Waals surface area (Å²) in [4.78, 5) is 2.98. The lowest BCUT2D eigenvalue weighted by atomic mass is 10.7. The average molecular weight is 319 g/mol. The number of hydrogen-bond donors (Lipinski definition) is 1. The molecule has 1 aromatic rings. The Morgan fingerprint density at radius 3 is 1.71 bits per heavy atom. The minimum absolute atomic E-state index is 1.29. The van der Waals surface area contributed by atoms with Gasteiger partial charge in [-0.25, -0.2) is 0 Å². The second kappa shape index (κ2) is 2.34. The van der Waals surface area contributed by atoms with E-state index < -0.39 is 0 Å². The first-order valence-corrected chi connectivity index (χ1v) is 3.94. The third kappa shape index (κ3) is 1.31. The third-order valence-electron chi connectivity index (χ3n) is 0.648. The van der Waals surface area contributed by atoms with Gasteiger partial charge in [-0.05, 0) is 45.2 Å². The molecule has 0 fully saturated rings. The molecule has 1 nitrogen and oxygen atoms in total. The highest BCUT2D eigenvalue weighted by molar-refractivity contribution is 14.1. The van der Waals surface area contributed by atoms with E-state index in [1.165, 1.54) is 7.14 Å². The predicted molar refractivity (Wildman–Crippen MR) is 46.2 cm³/mol. The van der Waals surface area contributed by atoms with Crippen molar-refractivity contribution in [2.24, 2.45) is 0 Å². The number of nitrogens with one attached hydrogen (secondary N) is 1. The van der Waals surface area contributed by atoms with E-state index in [1.54, 1.807) is 0 Å². The molecule has 0 bridgehead atoms. The molecule has 1 heterocycles. The molecule has 0 unspecified atom stereocenters. The number of aromatic nitrogens is 1. The van der Waals surface area contributed by atoms with Crippen LogP contribution in [0.2, 0.25) is 0 Å². The number of hydrogen-bond acceptors (Lipinski definition) is 0. The van der Waals surface area contributed by atoms with Crippen LogP contribution in [0.5, 0.6) is 0 Å². The molecule has 0 aliphatic heterocycles. The van der Waals surface area contributed by atoms with Crippen LogP contribution in [0.4, 0.5) is 0 Å². The zero-order chi connectivity index (χ0) is 5.28. The Morgan fingerprint density at radius 2 is 1.57 bits per heavy atom. The minimum Gasteiger partial charge on any atom is -0.366 e. The number of rotatable bonds is 0. The zero-order valence-corrected chi connectivity index (χ0v) is 7.73.